The molecule has 4 heterocycles. The first-order chi connectivity index (χ1) is 16.6. The first-order valence-corrected chi connectivity index (χ1v) is 12.2. The lowest BCUT2D eigenvalue weighted by Gasteiger charge is -2.25. The van der Waals surface area contributed by atoms with Crippen molar-refractivity contribution in [3.8, 4) is 0 Å². The lowest BCUT2D eigenvalue weighted by atomic mass is 9.86. The van der Waals surface area contributed by atoms with Gasteiger partial charge in [0.15, 0.2) is 0 Å². The predicted molar refractivity (Wildman–Crippen MR) is 127 cm³/mol. The lowest BCUT2D eigenvalue weighted by Crippen LogP contribution is -2.31. The number of thiophene rings is 1. The second kappa shape index (κ2) is 9.02. The van der Waals surface area contributed by atoms with Crippen LogP contribution in [-0.4, -0.2) is 53.1 Å². The molecule has 2 fully saturated rings. The molecule has 1 spiro atoms. The fraction of sp³-hybridized carbons (Fsp3) is 0.458. The van der Waals surface area contributed by atoms with Gasteiger partial charge in [0.2, 0.25) is 5.91 Å². The van der Waals surface area contributed by atoms with E-state index in [1.54, 1.807) is 18.2 Å². The van der Waals surface area contributed by atoms with Crippen molar-refractivity contribution in [2.75, 3.05) is 36.4 Å². The summed E-state index contributed by atoms with van der Waals surface area (Å²) in [5, 5.41) is 3.26. The Morgan fingerprint density at radius 3 is 2.71 bits per heavy atom. The number of hydrogen-bond acceptors (Lipinski definition) is 6. The van der Waals surface area contributed by atoms with E-state index in [1.807, 2.05) is 0 Å². The molecule has 1 atom stereocenters. The third-order valence-electron chi connectivity index (χ3n) is 6.76. The first-order valence-electron chi connectivity index (χ1n) is 11.4. The second-order valence-electron chi connectivity index (χ2n) is 9.54. The number of rotatable bonds is 5. The summed E-state index contributed by atoms with van der Waals surface area (Å²) < 4.78 is 53.2. The van der Waals surface area contributed by atoms with Crippen LogP contribution in [0.1, 0.15) is 30.2 Å². The smallest absolute Gasteiger partial charge is 0.355 e. The number of amides is 1. The largest absolute Gasteiger partial charge is 0.393 e. The van der Waals surface area contributed by atoms with Crippen molar-refractivity contribution >= 4 is 39.0 Å². The van der Waals surface area contributed by atoms with Gasteiger partial charge in [-0.25, -0.2) is 14.4 Å². The standard InChI is InChI=1S/C24H25F4N5OS/c1-15(34)31-17-3-2-16(20(25)8-17)11-32-6-4-23(12-32)5-7-33(13-23)21-19-9-18(10-24(26,27)28)35-22(19)30-14-29-21/h2-3,8-9,14H,4-7,10-13H2,1H3,(H,31,34). The number of nitrogens with zero attached hydrogens (tertiary/aromatic N) is 4. The van der Waals surface area contributed by atoms with E-state index in [1.165, 1.54) is 19.3 Å². The van der Waals surface area contributed by atoms with E-state index in [0.29, 0.717) is 33.8 Å². The number of hydrogen-bond donors (Lipinski definition) is 1. The maximum Gasteiger partial charge on any atom is 0.393 e. The van der Waals surface area contributed by atoms with Gasteiger partial charge in [-0.15, -0.1) is 11.3 Å². The van der Waals surface area contributed by atoms with Gasteiger partial charge in [0.25, 0.3) is 0 Å². The van der Waals surface area contributed by atoms with Gasteiger partial charge in [-0.2, -0.15) is 13.2 Å². The molecule has 3 aromatic rings. The van der Waals surface area contributed by atoms with Crippen molar-refractivity contribution in [3.63, 3.8) is 0 Å². The van der Waals surface area contributed by atoms with Gasteiger partial charge >= 0.3 is 6.18 Å². The normalized spacial score (nSPS) is 20.9. The number of alkyl halides is 3. The highest BCUT2D eigenvalue weighted by atomic mass is 32.1. The maximum absolute atomic E-state index is 14.6. The van der Waals surface area contributed by atoms with E-state index in [-0.39, 0.29) is 22.0 Å². The second-order valence-corrected chi connectivity index (χ2v) is 10.7. The zero-order valence-corrected chi connectivity index (χ0v) is 20.0. The van der Waals surface area contributed by atoms with Crippen molar-refractivity contribution in [1.82, 2.24) is 14.9 Å². The molecule has 1 unspecified atom stereocenters. The Bertz CT molecular complexity index is 1260. The Kier molecular flexibility index (Phi) is 6.16. The predicted octanol–water partition coefficient (Wildman–Crippen LogP) is 5.00. The van der Waals surface area contributed by atoms with E-state index in [9.17, 15) is 22.4 Å². The topological polar surface area (TPSA) is 61.4 Å². The van der Waals surface area contributed by atoms with E-state index in [4.69, 9.17) is 0 Å². The molecule has 1 N–H and O–H groups in total. The number of carbonyl (C=O) groups is 1. The third-order valence-corrected chi connectivity index (χ3v) is 7.80. The van der Waals surface area contributed by atoms with Crippen LogP contribution in [-0.2, 0) is 17.8 Å². The number of likely N-dealkylation sites (tertiary alicyclic amines) is 1. The monoisotopic (exact) mass is 507 g/mol. The highest BCUT2D eigenvalue weighted by Crippen LogP contribution is 2.43. The van der Waals surface area contributed by atoms with E-state index in [0.717, 1.165) is 50.4 Å². The van der Waals surface area contributed by atoms with Crippen LogP contribution in [0.2, 0.25) is 0 Å². The van der Waals surface area contributed by atoms with Crippen LogP contribution in [0.3, 0.4) is 0 Å². The molecule has 5 rings (SSSR count). The van der Waals surface area contributed by atoms with Crippen LogP contribution >= 0.6 is 11.3 Å². The summed E-state index contributed by atoms with van der Waals surface area (Å²) in [6.07, 6.45) is -1.90. The number of carbonyl (C=O) groups excluding carboxylic acids is 1. The van der Waals surface area contributed by atoms with Gasteiger partial charge in [-0.05, 0) is 37.6 Å². The minimum atomic E-state index is -4.26. The minimum Gasteiger partial charge on any atom is -0.355 e. The fourth-order valence-electron chi connectivity index (χ4n) is 5.24. The molecule has 2 aliphatic rings. The SMILES string of the molecule is CC(=O)Nc1ccc(CN2CCC3(CCN(c4ncnc5sc(CC(F)(F)F)cc45)C3)C2)c(F)c1. The number of anilines is 2. The van der Waals surface area contributed by atoms with Crippen LogP contribution in [0.15, 0.2) is 30.6 Å². The molecule has 1 aromatic carbocycles. The molecule has 35 heavy (non-hydrogen) atoms. The van der Waals surface area contributed by atoms with E-state index >= 15 is 0 Å². The molecule has 186 valence electrons. The minimum absolute atomic E-state index is 0.0364. The van der Waals surface area contributed by atoms with E-state index < -0.39 is 12.6 Å². The molecule has 1 amide bonds. The fourth-order valence-corrected chi connectivity index (χ4v) is 6.26. The molecule has 0 bridgehead atoms. The molecule has 11 heteroatoms. The zero-order valence-electron chi connectivity index (χ0n) is 19.2. The summed E-state index contributed by atoms with van der Waals surface area (Å²) in [5.74, 6) is 0.0970. The lowest BCUT2D eigenvalue weighted by molar-refractivity contribution is -0.126. The molecule has 2 aromatic heterocycles. The van der Waals surface area contributed by atoms with Gasteiger partial charge in [0.05, 0.1) is 11.8 Å². The van der Waals surface area contributed by atoms with Crippen LogP contribution in [0.5, 0.6) is 0 Å². The van der Waals surface area contributed by atoms with Crippen molar-refractivity contribution < 1.29 is 22.4 Å². The average molecular weight is 508 g/mol. The van der Waals surface area contributed by atoms with Crippen LogP contribution in [0.25, 0.3) is 10.2 Å². The Balaban J connectivity index is 1.27. The molecular weight excluding hydrogens is 482 g/mol. The Labute approximate surface area is 204 Å². The van der Waals surface area contributed by atoms with Crippen LogP contribution in [0.4, 0.5) is 29.1 Å². The molecule has 0 radical (unpaired) electrons. The van der Waals surface area contributed by atoms with Gasteiger partial charge < -0.3 is 10.2 Å². The summed E-state index contributed by atoms with van der Waals surface area (Å²) in [6, 6.07) is 6.33. The number of fused-ring (bicyclic) bond motifs is 1. The summed E-state index contributed by atoms with van der Waals surface area (Å²) in [4.78, 5) is 25.0. The molecule has 6 nitrogen and oxygen atoms in total. The summed E-state index contributed by atoms with van der Waals surface area (Å²) in [5.41, 5.74) is 1.05. The molecule has 2 saturated heterocycles. The summed E-state index contributed by atoms with van der Waals surface area (Å²) in [7, 11) is 0. The molecule has 0 saturated carbocycles. The van der Waals surface area contributed by atoms with Crippen molar-refractivity contribution in [1.29, 1.82) is 0 Å². The van der Waals surface area contributed by atoms with Crippen molar-refractivity contribution in [2.45, 2.75) is 38.9 Å². The van der Waals surface area contributed by atoms with Gasteiger partial charge in [0.1, 0.15) is 22.8 Å². The zero-order chi connectivity index (χ0) is 24.8. The first kappa shape index (κ1) is 23.9. The van der Waals surface area contributed by atoms with Crippen molar-refractivity contribution in [3.05, 3.63) is 46.9 Å². The van der Waals surface area contributed by atoms with Gasteiger partial charge in [-0.3, -0.25) is 9.69 Å². The van der Waals surface area contributed by atoms with Gasteiger partial charge in [-0.1, -0.05) is 6.07 Å². The number of benzene rings is 1. The highest BCUT2D eigenvalue weighted by Gasteiger charge is 2.44. The van der Waals surface area contributed by atoms with Crippen LogP contribution in [0, 0.1) is 11.2 Å². The quantitative estimate of drug-likeness (QED) is 0.493. The maximum atomic E-state index is 14.6. The van der Waals surface area contributed by atoms with Gasteiger partial charge in [0, 0.05) is 54.6 Å². The summed E-state index contributed by atoms with van der Waals surface area (Å²) >= 11 is 1.06. The average Bonchev–Trinajstić information content (AvgIpc) is 3.47. The number of aromatic nitrogens is 2. The Morgan fingerprint density at radius 2 is 1.97 bits per heavy atom. The Hall–Kier alpha value is -2.79. The molecule has 0 aliphatic carbocycles. The van der Waals surface area contributed by atoms with E-state index in [2.05, 4.69) is 25.1 Å². The Morgan fingerprint density at radius 1 is 1.17 bits per heavy atom. The number of halogens is 4. The third kappa shape index (κ3) is 5.25. The molecular formula is C24H25F4N5OS. The summed E-state index contributed by atoms with van der Waals surface area (Å²) in [6.45, 7) is 5.04. The van der Waals surface area contributed by atoms with Crippen LogP contribution < -0.4 is 10.2 Å². The number of nitrogens with one attached hydrogen (secondary N) is 1. The highest BCUT2D eigenvalue weighted by molar-refractivity contribution is 7.18. The van der Waals surface area contributed by atoms with Crippen molar-refractivity contribution in [2.24, 2.45) is 5.41 Å². The molecule has 2 aliphatic heterocycles.